The van der Waals surface area contributed by atoms with E-state index in [1.54, 1.807) is 24.3 Å². The van der Waals surface area contributed by atoms with E-state index in [-0.39, 0.29) is 10.1 Å². The Bertz CT molecular complexity index is 1690. The number of benzene rings is 3. The lowest BCUT2D eigenvalue weighted by atomic mass is 9.96. The van der Waals surface area contributed by atoms with Crippen molar-refractivity contribution in [1.82, 2.24) is 0 Å². The molecule has 0 aliphatic carbocycles. The van der Waals surface area contributed by atoms with Crippen molar-refractivity contribution in [1.29, 1.82) is 21.0 Å². The highest BCUT2D eigenvalue weighted by atomic mass is 32.2. The fourth-order valence-electron chi connectivity index (χ4n) is 3.86. The minimum Gasteiger partial charge on any atom is -0.347 e. The van der Waals surface area contributed by atoms with Crippen LogP contribution in [0.25, 0.3) is 21.5 Å². The largest absolute Gasteiger partial charge is 0.347 e. The Labute approximate surface area is 204 Å². The van der Waals surface area contributed by atoms with Gasteiger partial charge in [-0.15, -0.1) is 0 Å². The second-order valence-corrected chi connectivity index (χ2v) is 9.14. The maximum atomic E-state index is 15.1. The third-order valence-corrected chi connectivity index (χ3v) is 7.54. The number of halogens is 6. The number of nitriles is 4. The summed E-state index contributed by atoms with van der Waals surface area (Å²) in [6.07, 6.45) is 0. The molecule has 36 heavy (non-hydrogen) atoms. The van der Waals surface area contributed by atoms with Gasteiger partial charge >= 0.3 is 0 Å². The zero-order valence-electron chi connectivity index (χ0n) is 16.9. The fraction of sp³-hybridized carbons (Fsp3) is 0. The van der Waals surface area contributed by atoms with Crippen molar-refractivity contribution >= 4 is 56.4 Å². The second-order valence-electron chi connectivity index (χ2n) is 7.10. The van der Waals surface area contributed by atoms with E-state index in [1.165, 1.54) is 0 Å². The Morgan fingerprint density at radius 2 is 0.806 bits per heavy atom. The quantitative estimate of drug-likeness (QED) is 0.196. The zero-order valence-corrected chi connectivity index (χ0v) is 18.5. The van der Waals surface area contributed by atoms with Crippen molar-refractivity contribution in [2.24, 2.45) is 0 Å². The van der Waals surface area contributed by atoms with Gasteiger partial charge in [-0.1, -0.05) is 23.5 Å². The van der Waals surface area contributed by atoms with E-state index in [2.05, 4.69) is 10.6 Å². The van der Waals surface area contributed by atoms with Crippen molar-refractivity contribution in [3.63, 3.8) is 0 Å². The molecular formula is C22H2F6N6S2. The van der Waals surface area contributed by atoms with Gasteiger partial charge in [0.1, 0.15) is 34.3 Å². The Morgan fingerprint density at radius 1 is 0.500 bits per heavy atom. The summed E-state index contributed by atoms with van der Waals surface area (Å²) in [5.74, 6) is -11.0. The first-order valence-electron chi connectivity index (χ1n) is 9.34. The van der Waals surface area contributed by atoms with Gasteiger partial charge in [0.15, 0.2) is 46.0 Å². The number of fused-ring (bicyclic) bond motifs is 7. The number of allylic oxidation sites excluding steroid dienone is 2. The number of thioether (sulfide) groups is 2. The molecule has 174 valence electrons. The zero-order chi connectivity index (χ0) is 26.0. The van der Waals surface area contributed by atoms with E-state index in [9.17, 15) is 8.78 Å². The highest BCUT2D eigenvalue weighted by molar-refractivity contribution is 8.04. The molecule has 0 saturated carbocycles. The van der Waals surface area contributed by atoms with Gasteiger partial charge in [0.2, 0.25) is 0 Å². The van der Waals surface area contributed by atoms with Crippen LogP contribution in [0, 0.1) is 80.2 Å². The first-order chi connectivity index (χ1) is 17.2. The van der Waals surface area contributed by atoms with Crippen LogP contribution < -0.4 is 10.6 Å². The van der Waals surface area contributed by atoms with E-state index < -0.39 is 88.8 Å². The molecule has 3 aromatic carbocycles. The number of nitrogens with zero attached hydrogens (tertiary/aromatic N) is 4. The summed E-state index contributed by atoms with van der Waals surface area (Å²) in [5, 5.41) is 37.4. The van der Waals surface area contributed by atoms with E-state index in [4.69, 9.17) is 21.0 Å². The molecule has 2 aliphatic heterocycles. The molecule has 0 fully saturated rings. The Kier molecular flexibility index (Phi) is 5.19. The molecule has 0 radical (unpaired) electrons. The first-order valence-corrected chi connectivity index (χ1v) is 11.0. The highest BCUT2D eigenvalue weighted by Gasteiger charge is 2.37. The van der Waals surface area contributed by atoms with Crippen LogP contribution in [0.3, 0.4) is 0 Å². The monoisotopic (exact) mass is 528 g/mol. The lowest BCUT2D eigenvalue weighted by Gasteiger charge is -2.16. The van der Waals surface area contributed by atoms with Gasteiger partial charge in [0.05, 0.1) is 31.9 Å². The molecule has 0 bridgehead atoms. The van der Waals surface area contributed by atoms with Crippen LogP contribution in [0.4, 0.5) is 37.7 Å². The number of rotatable bonds is 0. The number of anilines is 2. The molecule has 0 atom stereocenters. The van der Waals surface area contributed by atoms with Gasteiger partial charge in [0, 0.05) is 10.8 Å². The summed E-state index contributed by atoms with van der Waals surface area (Å²) in [7, 11) is 0. The molecule has 0 amide bonds. The van der Waals surface area contributed by atoms with Crippen molar-refractivity contribution in [2.75, 3.05) is 10.6 Å². The smallest absolute Gasteiger partial charge is 0.175 e. The number of hydrogen-bond acceptors (Lipinski definition) is 8. The van der Waals surface area contributed by atoms with Gasteiger partial charge in [0.25, 0.3) is 0 Å². The average molecular weight is 528 g/mol. The van der Waals surface area contributed by atoms with E-state index in [0.29, 0.717) is 23.5 Å². The molecule has 6 nitrogen and oxygen atoms in total. The van der Waals surface area contributed by atoms with Crippen LogP contribution >= 0.6 is 23.5 Å². The first kappa shape index (κ1) is 23.3. The molecule has 5 rings (SSSR count). The van der Waals surface area contributed by atoms with Crippen LogP contribution in [0.1, 0.15) is 0 Å². The Balaban J connectivity index is 2.04. The van der Waals surface area contributed by atoms with E-state index >= 15 is 17.6 Å². The summed E-state index contributed by atoms with van der Waals surface area (Å²) in [4.78, 5) is -1.08. The second kappa shape index (κ2) is 8.03. The van der Waals surface area contributed by atoms with Crippen LogP contribution in [0.2, 0.25) is 0 Å². The van der Waals surface area contributed by atoms with E-state index in [1.807, 2.05) is 0 Å². The Morgan fingerprint density at radius 3 is 1.11 bits per heavy atom. The minimum absolute atomic E-state index is 0.253. The number of hydrogen-bond donors (Lipinski definition) is 2. The molecule has 0 spiro atoms. The highest BCUT2D eigenvalue weighted by Crippen LogP contribution is 2.56. The van der Waals surface area contributed by atoms with E-state index in [0.717, 1.165) is 0 Å². The lowest BCUT2D eigenvalue weighted by Crippen LogP contribution is -2.04. The molecular weight excluding hydrogens is 526 g/mol. The molecule has 2 heterocycles. The maximum absolute atomic E-state index is 15.1. The third kappa shape index (κ3) is 2.86. The van der Waals surface area contributed by atoms with Gasteiger partial charge in [-0.25, -0.2) is 26.3 Å². The van der Waals surface area contributed by atoms with Crippen LogP contribution in [-0.4, -0.2) is 0 Å². The van der Waals surface area contributed by atoms with Gasteiger partial charge in [-0.3, -0.25) is 0 Å². The fourth-order valence-corrected chi connectivity index (χ4v) is 5.83. The van der Waals surface area contributed by atoms with Gasteiger partial charge in [-0.2, -0.15) is 21.0 Å². The van der Waals surface area contributed by atoms with Crippen LogP contribution in [-0.2, 0) is 0 Å². The van der Waals surface area contributed by atoms with Crippen molar-refractivity contribution in [2.45, 2.75) is 9.79 Å². The summed E-state index contributed by atoms with van der Waals surface area (Å²) in [6, 6.07) is 6.20. The molecule has 0 unspecified atom stereocenters. The summed E-state index contributed by atoms with van der Waals surface area (Å²) in [6.45, 7) is 0. The normalized spacial score (nSPS) is 13.3. The topological polar surface area (TPSA) is 119 Å². The lowest BCUT2D eigenvalue weighted by molar-refractivity contribution is 0.479. The van der Waals surface area contributed by atoms with Gasteiger partial charge in [-0.05, 0) is 0 Å². The molecule has 0 saturated heterocycles. The summed E-state index contributed by atoms with van der Waals surface area (Å²) in [5.41, 5.74) is -1.92. The Hall–Kier alpha value is -4.50. The van der Waals surface area contributed by atoms with Gasteiger partial charge < -0.3 is 10.6 Å². The molecule has 3 aromatic rings. The third-order valence-electron chi connectivity index (χ3n) is 5.35. The van der Waals surface area contributed by atoms with Crippen molar-refractivity contribution in [3.05, 3.63) is 56.1 Å². The molecule has 0 aromatic heterocycles. The predicted octanol–water partition coefficient (Wildman–Crippen LogP) is 6.38. The van der Waals surface area contributed by atoms with Crippen molar-refractivity contribution < 1.29 is 26.3 Å². The molecule has 14 heteroatoms. The minimum atomic E-state index is -2.00. The number of nitrogens with one attached hydrogen (secondary N) is 2. The molecule has 2 aliphatic rings. The average Bonchev–Trinajstić information content (AvgIpc) is 3.50. The van der Waals surface area contributed by atoms with Crippen LogP contribution in [0.15, 0.2) is 31.0 Å². The van der Waals surface area contributed by atoms with Crippen molar-refractivity contribution in [3.8, 4) is 24.3 Å². The predicted molar refractivity (Wildman–Crippen MR) is 117 cm³/mol. The standard InChI is InChI=1S/C22H2F6N6S2/c23-11-9-7(17-19(15(27)13(9)25)35-21(33-17)5(1-29)2-30)8-10(12(11)24)14(26)16(28)20-18(8)34-22(36-20)6(3-31)4-32/h33-34H. The SMILES string of the molecule is N#CC(C#N)=C1Nc2c(c(F)c(F)c3c(F)c(F)c4c(F)c(F)c5c(c4c23)NC(=C(C#N)C#N)S5)S1. The summed E-state index contributed by atoms with van der Waals surface area (Å²) < 4.78 is 90.2. The summed E-state index contributed by atoms with van der Waals surface area (Å²) >= 11 is 0.849. The van der Waals surface area contributed by atoms with Crippen LogP contribution in [0.5, 0.6) is 0 Å². The maximum Gasteiger partial charge on any atom is 0.175 e. The molecule has 2 N–H and O–H groups in total.